The van der Waals surface area contributed by atoms with Crippen LogP contribution >= 0.6 is 34.5 Å². The van der Waals surface area contributed by atoms with Crippen molar-refractivity contribution in [2.24, 2.45) is 0 Å². The van der Waals surface area contributed by atoms with Gasteiger partial charge >= 0.3 is 0 Å². The van der Waals surface area contributed by atoms with Crippen LogP contribution in [0.25, 0.3) is 0 Å². The number of carbonyl (C=O) groups excluding carboxylic acids is 1. The van der Waals surface area contributed by atoms with E-state index in [4.69, 9.17) is 27.9 Å². The Morgan fingerprint density at radius 3 is 3.00 bits per heavy atom. The highest BCUT2D eigenvalue weighted by Crippen LogP contribution is 2.30. The van der Waals surface area contributed by atoms with E-state index in [9.17, 15) is 4.79 Å². The molecular weight excluding hydrogens is 321 g/mol. The van der Waals surface area contributed by atoms with Crippen molar-refractivity contribution in [3.63, 3.8) is 0 Å². The predicted octanol–water partition coefficient (Wildman–Crippen LogP) is 2.83. The van der Waals surface area contributed by atoms with Crippen LogP contribution in [-0.4, -0.2) is 29.4 Å². The van der Waals surface area contributed by atoms with Crippen LogP contribution < -0.4 is 5.32 Å². The van der Waals surface area contributed by atoms with Gasteiger partial charge in [0.1, 0.15) is 4.34 Å². The van der Waals surface area contributed by atoms with Gasteiger partial charge in [0.25, 0.3) is 5.91 Å². The highest BCUT2D eigenvalue weighted by molar-refractivity contribution is 7.20. The number of aromatic nitrogens is 2. The van der Waals surface area contributed by atoms with Crippen molar-refractivity contribution >= 4 is 40.4 Å². The van der Waals surface area contributed by atoms with E-state index in [2.05, 4.69) is 10.4 Å². The average molecular weight is 334 g/mol. The summed E-state index contributed by atoms with van der Waals surface area (Å²) >= 11 is 12.9. The second-order valence-electron chi connectivity index (χ2n) is 4.03. The summed E-state index contributed by atoms with van der Waals surface area (Å²) in [5.74, 6) is -0.247. The van der Waals surface area contributed by atoms with Crippen LogP contribution in [0.2, 0.25) is 8.67 Å². The third kappa shape index (κ3) is 3.96. The molecule has 0 aliphatic carbocycles. The van der Waals surface area contributed by atoms with Crippen LogP contribution in [0.15, 0.2) is 18.5 Å². The molecule has 2 aromatic rings. The number of methoxy groups -OCH3 is 1. The Balaban J connectivity index is 1.90. The molecular formula is C12H13Cl2N3O2S. The Kier molecular flexibility index (Phi) is 5.42. The lowest BCUT2D eigenvalue weighted by atomic mass is 10.3. The molecule has 108 valence electrons. The molecule has 1 N–H and O–H groups in total. The first-order valence-electron chi connectivity index (χ1n) is 5.83. The summed E-state index contributed by atoms with van der Waals surface area (Å²) in [5, 5.41) is 6.95. The molecule has 0 atom stereocenters. The van der Waals surface area contributed by atoms with Gasteiger partial charge in [-0.15, -0.1) is 11.3 Å². The minimum absolute atomic E-state index is 0.247. The second-order valence-corrected chi connectivity index (χ2v) is 6.31. The van der Waals surface area contributed by atoms with Crippen LogP contribution in [0.3, 0.4) is 0 Å². The molecule has 0 spiro atoms. The van der Waals surface area contributed by atoms with Gasteiger partial charge in [0.2, 0.25) is 0 Å². The van der Waals surface area contributed by atoms with Gasteiger partial charge in [-0.1, -0.05) is 23.2 Å². The molecule has 2 aromatic heterocycles. The molecule has 0 aliphatic heterocycles. The maximum absolute atomic E-state index is 11.9. The van der Waals surface area contributed by atoms with Crippen molar-refractivity contribution < 1.29 is 9.53 Å². The van der Waals surface area contributed by atoms with E-state index in [-0.39, 0.29) is 5.91 Å². The number of nitrogens with one attached hydrogen (secondary N) is 1. The Labute approximate surface area is 130 Å². The molecule has 0 radical (unpaired) electrons. The van der Waals surface area contributed by atoms with E-state index in [1.54, 1.807) is 24.1 Å². The highest BCUT2D eigenvalue weighted by Gasteiger charge is 2.14. The van der Waals surface area contributed by atoms with Crippen molar-refractivity contribution in [3.8, 4) is 0 Å². The first-order chi connectivity index (χ1) is 9.60. The van der Waals surface area contributed by atoms with E-state index < -0.39 is 0 Å². The fraction of sp³-hybridized carbons (Fsp3) is 0.333. The summed E-state index contributed by atoms with van der Waals surface area (Å²) in [5.41, 5.74) is 1.31. The normalized spacial score (nSPS) is 10.8. The van der Waals surface area contributed by atoms with Crippen LogP contribution in [0.5, 0.6) is 0 Å². The van der Waals surface area contributed by atoms with Gasteiger partial charge in [-0.05, 0) is 6.07 Å². The number of rotatable bonds is 6. The number of halogens is 2. The van der Waals surface area contributed by atoms with Gasteiger partial charge < -0.3 is 10.1 Å². The average Bonchev–Trinajstić information content (AvgIpc) is 3.00. The van der Waals surface area contributed by atoms with Crippen LogP contribution in [-0.2, 0) is 17.8 Å². The number of amides is 1. The largest absolute Gasteiger partial charge is 0.383 e. The molecule has 0 aliphatic rings. The predicted molar refractivity (Wildman–Crippen MR) is 79.6 cm³/mol. The maximum atomic E-state index is 11.9. The molecule has 0 aromatic carbocycles. The maximum Gasteiger partial charge on any atom is 0.253 e. The van der Waals surface area contributed by atoms with Crippen molar-refractivity contribution in [1.82, 2.24) is 15.1 Å². The van der Waals surface area contributed by atoms with Crippen molar-refractivity contribution in [3.05, 3.63) is 38.3 Å². The van der Waals surface area contributed by atoms with E-state index >= 15 is 0 Å². The first kappa shape index (κ1) is 15.3. The fourth-order valence-corrected chi connectivity index (χ4v) is 3.04. The zero-order valence-electron chi connectivity index (χ0n) is 10.7. The number of thiophene rings is 1. The van der Waals surface area contributed by atoms with E-state index in [0.29, 0.717) is 33.9 Å². The number of ether oxygens (including phenoxy) is 1. The zero-order valence-corrected chi connectivity index (χ0v) is 13.1. The standard InChI is InChI=1S/C12H13Cl2N3O2S/c1-19-3-2-17-7-8(6-16-17)5-15-12(18)9-4-10(13)20-11(9)14/h4,6-7H,2-3,5H2,1H3,(H,15,18). The Morgan fingerprint density at radius 2 is 2.35 bits per heavy atom. The quantitative estimate of drug-likeness (QED) is 0.884. The smallest absolute Gasteiger partial charge is 0.253 e. The SMILES string of the molecule is COCCn1cc(CNC(=O)c2cc(Cl)sc2Cl)cn1. The first-order valence-corrected chi connectivity index (χ1v) is 7.40. The molecule has 0 bridgehead atoms. The van der Waals surface area contributed by atoms with Crippen molar-refractivity contribution in [2.45, 2.75) is 13.1 Å². The molecule has 5 nitrogen and oxygen atoms in total. The summed E-state index contributed by atoms with van der Waals surface area (Å²) < 4.78 is 7.62. The third-order valence-corrected chi connectivity index (χ3v) is 4.05. The molecule has 8 heteroatoms. The lowest BCUT2D eigenvalue weighted by Gasteiger charge is -2.02. The minimum Gasteiger partial charge on any atom is -0.383 e. The molecule has 0 unspecified atom stereocenters. The van der Waals surface area contributed by atoms with Crippen LogP contribution in [0.4, 0.5) is 0 Å². The van der Waals surface area contributed by atoms with E-state index in [0.717, 1.165) is 5.56 Å². The Morgan fingerprint density at radius 1 is 1.55 bits per heavy atom. The van der Waals surface area contributed by atoms with Gasteiger partial charge in [0, 0.05) is 25.4 Å². The van der Waals surface area contributed by atoms with Crippen molar-refractivity contribution in [2.75, 3.05) is 13.7 Å². The minimum atomic E-state index is -0.247. The van der Waals surface area contributed by atoms with Gasteiger partial charge in [-0.2, -0.15) is 5.10 Å². The number of hydrogen-bond acceptors (Lipinski definition) is 4. The summed E-state index contributed by atoms with van der Waals surface area (Å²) in [4.78, 5) is 11.9. The Hall–Kier alpha value is -1.08. The summed E-state index contributed by atoms with van der Waals surface area (Å²) in [6.45, 7) is 1.66. The van der Waals surface area contributed by atoms with Crippen molar-refractivity contribution in [1.29, 1.82) is 0 Å². The van der Waals surface area contributed by atoms with Gasteiger partial charge in [0.05, 0.1) is 29.2 Å². The number of nitrogens with zero attached hydrogens (tertiary/aromatic N) is 2. The third-order valence-electron chi connectivity index (χ3n) is 2.57. The number of hydrogen-bond donors (Lipinski definition) is 1. The van der Waals surface area contributed by atoms with Crippen LogP contribution in [0.1, 0.15) is 15.9 Å². The van der Waals surface area contributed by atoms with E-state index in [1.807, 2.05) is 6.20 Å². The molecule has 2 heterocycles. The monoisotopic (exact) mass is 333 g/mol. The zero-order chi connectivity index (χ0) is 14.5. The topological polar surface area (TPSA) is 56.1 Å². The molecule has 2 rings (SSSR count). The van der Waals surface area contributed by atoms with Gasteiger partial charge in [0.15, 0.2) is 0 Å². The molecule has 0 saturated carbocycles. The Bertz CT molecular complexity index is 597. The summed E-state index contributed by atoms with van der Waals surface area (Å²) in [7, 11) is 1.64. The molecule has 20 heavy (non-hydrogen) atoms. The molecule has 0 fully saturated rings. The lowest BCUT2D eigenvalue weighted by Crippen LogP contribution is -2.22. The molecule has 0 saturated heterocycles. The van der Waals surface area contributed by atoms with Gasteiger partial charge in [-0.3, -0.25) is 9.48 Å². The second kappa shape index (κ2) is 7.08. The number of carbonyl (C=O) groups is 1. The highest BCUT2D eigenvalue weighted by atomic mass is 35.5. The van der Waals surface area contributed by atoms with Crippen LogP contribution in [0, 0.1) is 0 Å². The lowest BCUT2D eigenvalue weighted by molar-refractivity contribution is 0.0951. The molecule has 1 amide bonds. The fourth-order valence-electron chi connectivity index (χ4n) is 1.58. The van der Waals surface area contributed by atoms with E-state index in [1.165, 1.54) is 11.3 Å². The van der Waals surface area contributed by atoms with Gasteiger partial charge in [-0.25, -0.2) is 0 Å². The summed E-state index contributed by atoms with van der Waals surface area (Å²) in [6, 6.07) is 1.56. The summed E-state index contributed by atoms with van der Waals surface area (Å²) in [6.07, 6.45) is 3.57.